The number of anilines is 1. The Labute approximate surface area is 102 Å². The minimum atomic E-state index is 0.484. The summed E-state index contributed by atoms with van der Waals surface area (Å²) in [6.07, 6.45) is 2.89. The van der Waals surface area contributed by atoms with E-state index in [1.807, 2.05) is 12.1 Å². The lowest BCUT2D eigenvalue weighted by Gasteiger charge is -2.14. The first-order valence-electron chi connectivity index (χ1n) is 6.14. The standard InChI is InChI=1S/C13H18N4/c1-2-17-7-5-11(10-17)9-16-12-4-3-6-15-13(12)8-14/h3-4,6,11,16H,2,5,7,9-10H2,1H3. The molecule has 4 nitrogen and oxygen atoms in total. The molecule has 1 atom stereocenters. The number of hydrogen-bond donors (Lipinski definition) is 1. The number of nitrogens with one attached hydrogen (secondary N) is 1. The fourth-order valence-electron chi connectivity index (χ4n) is 2.26. The molecule has 0 radical (unpaired) electrons. The van der Waals surface area contributed by atoms with E-state index in [4.69, 9.17) is 5.26 Å². The molecule has 1 unspecified atom stereocenters. The molecular weight excluding hydrogens is 212 g/mol. The second kappa shape index (κ2) is 5.65. The molecule has 0 aromatic carbocycles. The molecule has 90 valence electrons. The summed E-state index contributed by atoms with van der Waals surface area (Å²) in [5.74, 6) is 0.682. The molecule has 0 aliphatic carbocycles. The average molecular weight is 230 g/mol. The Kier molecular flexibility index (Phi) is 3.94. The number of aromatic nitrogens is 1. The van der Waals surface area contributed by atoms with Crippen molar-refractivity contribution in [2.45, 2.75) is 13.3 Å². The molecule has 0 spiro atoms. The molecule has 0 bridgehead atoms. The van der Waals surface area contributed by atoms with Crippen LogP contribution in [0, 0.1) is 17.2 Å². The molecule has 2 rings (SSSR count). The first kappa shape index (κ1) is 11.9. The zero-order valence-electron chi connectivity index (χ0n) is 10.2. The highest BCUT2D eigenvalue weighted by Crippen LogP contribution is 2.17. The SMILES string of the molecule is CCN1CCC(CNc2cccnc2C#N)C1. The number of nitriles is 1. The summed E-state index contributed by atoms with van der Waals surface area (Å²) >= 11 is 0. The van der Waals surface area contributed by atoms with Gasteiger partial charge in [0, 0.05) is 19.3 Å². The van der Waals surface area contributed by atoms with Gasteiger partial charge in [0.15, 0.2) is 5.69 Å². The van der Waals surface area contributed by atoms with E-state index < -0.39 is 0 Å². The molecule has 0 saturated carbocycles. The molecule has 1 N–H and O–H groups in total. The molecule has 1 aromatic rings. The van der Waals surface area contributed by atoms with Crippen LogP contribution in [0.2, 0.25) is 0 Å². The molecule has 1 fully saturated rings. The fourth-order valence-corrected chi connectivity index (χ4v) is 2.26. The van der Waals surface area contributed by atoms with Gasteiger partial charge in [-0.15, -0.1) is 0 Å². The third-order valence-electron chi connectivity index (χ3n) is 3.31. The highest BCUT2D eigenvalue weighted by atomic mass is 15.1. The minimum Gasteiger partial charge on any atom is -0.382 e. The molecule has 2 heterocycles. The molecule has 4 heteroatoms. The Morgan fingerprint density at radius 3 is 3.24 bits per heavy atom. The Bertz CT molecular complexity index is 410. The van der Waals surface area contributed by atoms with E-state index in [9.17, 15) is 0 Å². The third kappa shape index (κ3) is 2.95. The highest BCUT2D eigenvalue weighted by Gasteiger charge is 2.20. The zero-order chi connectivity index (χ0) is 12.1. The smallest absolute Gasteiger partial charge is 0.163 e. The molecule has 17 heavy (non-hydrogen) atoms. The number of nitrogens with zero attached hydrogens (tertiary/aromatic N) is 3. The number of likely N-dealkylation sites (tertiary alicyclic amines) is 1. The second-order valence-corrected chi connectivity index (χ2v) is 4.44. The van der Waals surface area contributed by atoms with Crippen LogP contribution in [0.4, 0.5) is 5.69 Å². The maximum atomic E-state index is 8.93. The highest BCUT2D eigenvalue weighted by molar-refractivity contribution is 5.53. The van der Waals surface area contributed by atoms with Crippen molar-refractivity contribution in [2.75, 3.05) is 31.5 Å². The quantitative estimate of drug-likeness (QED) is 0.855. The number of hydrogen-bond acceptors (Lipinski definition) is 4. The Hall–Kier alpha value is -1.60. The van der Waals surface area contributed by atoms with Crippen molar-refractivity contribution in [1.82, 2.24) is 9.88 Å². The topological polar surface area (TPSA) is 52.0 Å². The van der Waals surface area contributed by atoms with Crippen molar-refractivity contribution < 1.29 is 0 Å². The van der Waals surface area contributed by atoms with Crippen LogP contribution in [0.15, 0.2) is 18.3 Å². The first-order chi connectivity index (χ1) is 8.33. The summed E-state index contributed by atoms with van der Waals surface area (Å²) < 4.78 is 0. The van der Waals surface area contributed by atoms with E-state index in [0.29, 0.717) is 11.6 Å². The van der Waals surface area contributed by atoms with Crippen molar-refractivity contribution in [2.24, 2.45) is 5.92 Å². The normalized spacial score (nSPS) is 20.1. The molecule has 1 saturated heterocycles. The number of rotatable bonds is 4. The molecule has 1 aromatic heterocycles. The first-order valence-corrected chi connectivity index (χ1v) is 6.14. The van der Waals surface area contributed by atoms with Crippen molar-refractivity contribution in [3.8, 4) is 6.07 Å². The van der Waals surface area contributed by atoms with Crippen molar-refractivity contribution in [3.05, 3.63) is 24.0 Å². The maximum absolute atomic E-state index is 8.93. The van der Waals surface area contributed by atoms with Crippen LogP contribution in [0.25, 0.3) is 0 Å². The lowest BCUT2D eigenvalue weighted by molar-refractivity contribution is 0.345. The van der Waals surface area contributed by atoms with Crippen molar-refractivity contribution in [1.29, 1.82) is 5.26 Å². The van der Waals surface area contributed by atoms with Gasteiger partial charge in [0.2, 0.25) is 0 Å². The van der Waals surface area contributed by atoms with Crippen LogP contribution < -0.4 is 5.32 Å². The lowest BCUT2D eigenvalue weighted by atomic mass is 10.1. The summed E-state index contributed by atoms with van der Waals surface area (Å²) in [6.45, 7) is 6.61. The monoisotopic (exact) mass is 230 g/mol. The van der Waals surface area contributed by atoms with Gasteiger partial charge in [-0.3, -0.25) is 0 Å². The average Bonchev–Trinajstić information content (AvgIpc) is 2.84. The van der Waals surface area contributed by atoms with Crippen LogP contribution in [0.1, 0.15) is 19.0 Å². The van der Waals surface area contributed by atoms with E-state index >= 15 is 0 Å². The van der Waals surface area contributed by atoms with Gasteiger partial charge < -0.3 is 10.2 Å². The van der Waals surface area contributed by atoms with E-state index in [0.717, 1.165) is 25.3 Å². The summed E-state index contributed by atoms with van der Waals surface area (Å²) in [6, 6.07) is 5.88. The van der Waals surface area contributed by atoms with Gasteiger partial charge in [-0.25, -0.2) is 4.98 Å². The minimum absolute atomic E-state index is 0.484. The van der Waals surface area contributed by atoms with E-state index in [1.54, 1.807) is 6.20 Å². The van der Waals surface area contributed by atoms with Crippen molar-refractivity contribution in [3.63, 3.8) is 0 Å². The predicted octanol–water partition coefficient (Wildman–Crippen LogP) is 1.71. The van der Waals surface area contributed by atoms with Gasteiger partial charge in [-0.2, -0.15) is 5.26 Å². The van der Waals surface area contributed by atoms with E-state index in [-0.39, 0.29) is 0 Å². The lowest BCUT2D eigenvalue weighted by Crippen LogP contribution is -2.22. The summed E-state index contributed by atoms with van der Waals surface area (Å²) in [4.78, 5) is 6.50. The van der Waals surface area contributed by atoms with E-state index in [1.165, 1.54) is 13.0 Å². The van der Waals surface area contributed by atoms with Crippen LogP contribution in [0.5, 0.6) is 0 Å². The van der Waals surface area contributed by atoms with Crippen LogP contribution in [0.3, 0.4) is 0 Å². The Morgan fingerprint density at radius 1 is 1.65 bits per heavy atom. The summed E-state index contributed by atoms with van der Waals surface area (Å²) in [5, 5.41) is 12.3. The Balaban J connectivity index is 1.88. The third-order valence-corrected chi connectivity index (χ3v) is 3.31. The van der Waals surface area contributed by atoms with Gasteiger partial charge in [0.05, 0.1) is 5.69 Å². The van der Waals surface area contributed by atoms with Gasteiger partial charge in [0.1, 0.15) is 6.07 Å². The summed E-state index contributed by atoms with van der Waals surface area (Å²) in [7, 11) is 0. The van der Waals surface area contributed by atoms with Crippen LogP contribution in [-0.2, 0) is 0 Å². The van der Waals surface area contributed by atoms with Gasteiger partial charge in [-0.1, -0.05) is 6.92 Å². The number of pyridine rings is 1. The van der Waals surface area contributed by atoms with Crippen LogP contribution in [-0.4, -0.2) is 36.1 Å². The van der Waals surface area contributed by atoms with Gasteiger partial charge in [-0.05, 0) is 37.6 Å². The van der Waals surface area contributed by atoms with Crippen LogP contribution >= 0.6 is 0 Å². The van der Waals surface area contributed by atoms with E-state index in [2.05, 4.69) is 28.2 Å². The molecule has 1 aliphatic rings. The fraction of sp³-hybridized carbons (Fsp3) is 0.538. The van der Waals surface area contributed by atoms with Gasteiger partial charge >= 0.3 is 0 Å². The maximum Gasteiger partial charge on any atom is 0.163 e. The predicted molar refractivity (Wildman–Crippen MR) is 67.7 cm³/mol. The summed E-state index contributed by atoms with van der Waals surface area (Å²) in [5.41, 5.74) is 1.34. The molecule has 1 aliphatic heterocycles. The van der Waals surface area contributed by atoms with Gasteiger partial charge in [0.25, 0.3) is 0 Å². The zero-order valence-corrected chi connectivity index (χ0v) is 10.2. The Morgan fingerprint density at radius 2 is 2.53 bits per heavy atom. The second-order valence-electron chi connectivity index (χ2n) is 4.44. The van der Waals surface area contributed by atoms with Crippen molar-refractivity contribution >= 4 is 5.69 Å². The largest absolute Gasteiger partial charge is 0.382 e. The molecule has 0 amide bonds. The molecular formula is C13H18N4.